The molecule has 2 amide bonds. The molecule has 0 aromatic heterocycles. The Morgan fingerprint density at radius 3 is 2.14 bits per heavy atom. The molecular weight excluding hydrogens is 448 g/mol. The Morgan fingerprint density at radius 1 is 1.06 bits per heavy atom. The highest BCUT2D eigenvalue weighted by molar-refractivity contribution is 5.86. The van der Waals surface area contributed by atoms with Gasteiger partial charge in [-0.3, -0.25) is 9.59 Å². The summed E-state index contributed by atoms with van der Waals surface area (Å²) in [7, 11) is 3.22. The minimum Gasteiger partial charge on any atom is -0.460 e. The van der Waals surface area contributed by atoms with Crippen molar-refractivity contribution in [3.05, 3.63) is 35.9 Å². The fourth-order valence-corrected chi connectivity index (χ4v) is 3.90. The lowest BCUT2D eigenvalue weighted by atomic mass is 9.90. The maximum absolute atomic E-state index is 13.6. The van der Waals surface area contributed by atoms with E-state index in [4.69, 9.17) is 14.2 Å². The van der Waals surface area contributed by atoms with E-state index in [-0.39, 0.29) is 36.7 Å². The van der Waals surface area contributed by atoms with Crippen LogP contribution in [0.15, 0.2) is 30.3 Å². The van der Waals surface area contributed by atoms with Crippen LogP contribution in [0.5, 0.6) is 0 Å². The van der Waals surface area contributed by atoms with Gasteiger partial charge in [0, 0.05) is 14.2 Å². The summed E-state index contributed by atoms with van der Waals surface area (Å²) in [4.78, 5) is 40.2. The summed E-state index contributed by atoms with van der Waals surface area (Å²) >= 11 is 0. The van der Waals surface area contributed by atoms with E-state index in [1.165, 1.54) is 7.11 Å². The summed E-state index contributed by atoms with van der Waals surface area (Å²) in [6.45, 7) is 13.3. The quantitative estimate of drug-likeness (QED) is 0.430. The van der Waals surface area contributed by atoms with Crippen LogP contribution in [0.25, 0.3) is 0 Å². The molecule has 8 heteroatoms. The van der Waals surface area contributed by atoms with Crippen LogP contribution >= 0.6 is 0 Å². The number of carbonyl (C=O) groups excluding carboxylic acids is 3. The van der Waals surface area contributed by atoms with E-state index in [9.17, 15) is 14.4 Å². The van der Waals surface area contributed by atoms with Crippen molar-refractivity contribution < 1.29 is 28.6 Å². The minimum atomic E-state index is -0.797. The Bertz CT molecular complexity index is 806. The van der Waals surface area contributed by atoms with Gasteiger partial charge in [-0.15, -0.1) is 0 Å². The van der Waals surface area contributed by atoms with E-state index >= 15 is 0 Å². The molecule has 198 valence electrons. The predicted molar refractivity (Wildman–Crippen MR) is 136 cm³/mol. The molecule has 0 bridgehead atoms. The van der Waals surface area contributed by atoms with Crippen molar-refractivity contribution in [3.8, 4) is 0 Å². The normalized spacial score (nSPS) is 15.0. The number of ether oxygens (including phenoxy) is 3. The van der Waals surface area contributed by atoms with Crippen molar-refractivity contribution in [1.82, 2.24) is 10.2 Å². The topological polar surface area (TPSA) is 94.2 Å². The second-order valence-corrected chi connectivity index (χ2v) is 10.3. The molecule has 0 aliphatic carbocycles. The van der Waals surface area contributed by atoms with Crippen LogP contribution in [-0.4, -0.2) is 60.8 Å². The molecule has 35 heavy (non-hydrogen) atoms. The second kappa shape index (κ2) is 14.1. The number of hydrogen-bond donors (Lipinski definition) is 1. The number of likely N-dealkylation sites (N-methyl/N-ethyl adjacent to an activating group) is 1. The predicted octanol–water partition coefficient (Wildman–Crippen LogP) is 4.56. The van der Waals surface area contributed by atoms with Gasteiger partial charge in [-0.25, -0.2) is 4.79 Å². The van der Waals surface area contributed by atoms with Gasteiger partial charge in [0.25, 0.3) is 0 Å². The van der Waals surface area contributed by atoms with E-state index < -0.39 is 29.9 Å². The summed E-state index contributed by atoms with van der Waals surface area (Å²) < 4.78 is 16.5. The number of amides is 2. The monoisotopic (exact) mass is 492 g/mol. The smallest absolute Gasteiger partial charge is 0.408 e. The fourth-order valence-electron chi connectivity index (χ4n) is 3.90. The van der Waals surface area contributed by atoms with Crippen molar-refractivity contribution in [2.24, 2.45) is 11.8 Å². The van der Waals surface area contributed by atoms with Crippen molar-refractivity contribution in [1.29, 1.82) is 0 Å². The van der Waals surface area contributed by atoms with E-state index in [2.05, 4.69) is 5.32 Å². The zero-order chi connectivity index (χ0) is 26.8. The lowest BCUT2D eigenvalue weighted by Crippen LogP contribution is -2.57. The van der Waals surface area contributed by atoms with Gasteiger partial charge in [0.1, 0.15) is 18.2 Å². The highest BCUT2D eigenvalue weighted by Crippen LogP contribution is 2.24. The largest absolute Gasteiger partial charge is 0.460 e. The standard InChI is InChI=1S/C27H44N2O6/c1-10-19(4)24(21(33-9)16-22(30)35-27(5,6)7)29(8)25(31)23(18(2)3)28-26(32)34-17-20-14-12-11-13-15-20/h11-15,18-19,21,23-24H,10,16-17H2,1-9H3,(H,28,32)/t19?,21?,23-,24?/m0/s1. The average molecular weight is 493 g/mol. The van der Waals surface area contributed by atoms with Crippen LogP contribution in [0.1, 0.15) is 66.9 Å². The number of methoxy groups -OCH3 is 1. The number of nitrogens with one attached hydrogen (secondary N) is 1. The van der Waals surface area contributed by atoms with E-state index in [0.717, 1.165) is 12.0 Å². The SMILES string of the molecule is CCC(C)C(C(CC(=O)OC(C)(C)C)OC)N(C)C(=O)[C@@H](NC(=O)OCc1ccccc1)C(C)C. The van der Waals surface area contributed by atoms with Gasteiger partial charge in [0.15, 0.2) is 0 Å². The molecule has 0 fully saturated rings. The van der Waals surface area contributed by atoms with Crippen LogP contribution in [0, 0.1) is 11.8 Å². The molecule has 8 nitrogen and oxygen atoms in total. The lowest BCUT2D eigenvalue weighted by Gasteiger charge is -2.39. The Balaban J connectivity index is 2.99. The molecule has 4 atom stereocenters. The number of carbonyl (C=O) groups is 3. The van der Waals surface area contributed by atoms with Gasteiger partial charge in [0.2, 0.25) is 5.91 Å². The first-order valence-electron chi connectivity index (χ1n) is 12.3. The summed E-state index contributed by atoms with van der Waals surface area (Å²) in [6, 6.07) is 8.14. The third kappa shape index (κ3) is 10.3. The molecular formula is C27H44N2O6. The molecule has 1 N–H and O–H groups in total. The fraction of sp³-hybridized carbons (Fsp3) is 0.667. The molecule has 0 spiro atoms. The summed E-state index contributed by atoms with van der Waals surface area (Å²) in [5.41, 5.74) is 0.240. The highest BCUT2D eigenvalue weighted by atomic mass is 16.6. The maximum Gasteiger partial charge on any atom is 0.408 e. The number of nitrogens with zero attached hydrogens (tertiary/aromatic N) is 1. The molecule has 0 saturated heterocycles. The molecule has 1 rings (SSSR count). The first-order valence-corrected chi connectivity index (χ1v) is 12.3. The van der Waals surface area contributed by atoms with Crippen LogP contribution in [-0.2, 0) is 30.4 Å². The molecule has 0 radical (unpaired) electrons. The first-order chi connectivity index (χ1) is 16.3. The number of hydrogen-bond acceptors (Lipinski definition) is 6. The zero-order valence-electron chi connectivity index (χ0n) is 22.8. The molecule has 0 saturated carbocycles. The Hall–Kier alpha value is -2.61. The van der Waals surface area contributed by atoms with Gasteiger partial charge >= 0.3 is 12.1 Å². The summed E-state index contributed by atoms with van der Waals surface area (Å²) in [6.07, 6.45) is -0.438. The Morgan fingerprint density at radius 2 is 1.66 bits per heavy atom. The maximum atomic E-state index is 13.6. The minimum absolute atomic E-state index is 0.0132. The van der Waals surface area contributed by atoms with Crippen LogP contribution in [0.3, 0.4) is 0 Å². The molecule has 1 aromatic rings. The number of rotatable bonds is 12. The van der Waals surface area contributed by atoms with Crippen molar-refractivity contribution in [2.75, 3.05) is 14.2 Å². The summed E-state index contributed by atoms with van der Waals surface area (Å²) in [5, 5.41) is 2.72. The lowest BCUT2D eigenvalue weighted by molar-refractivity contribution is -0.160. The molecule has 1 aromatic carbocycles. The Kier molecular flexibility index (Phi) is 12.2. The molecule has 3 unspecified atom stereocenters. The highest BCUT2D eigenvalue weighted by Gasteiger charge is 2.38. The van der Waals surface area contributed by atoms with Gasteiger partial charge in [0.05, 0.1) is 18.6 Å². The third-order valence-electron chi connectivity index (χ3n) is 5.91. The second-order valence-electron chi connectivity index (χ2n) is 10.3. The number of benzene rings is 1. The van der Waals surface area contributed by atoms with E-state index in [1.807, 2.05) is 78.8 Å². The molecule has 0 heterocycles. The van der Waals surface area contributed by atoms with Crippen molar-refractivity contribution >= 4 is 18.0 Å². The van der Waals surface area contributed by atoms with Gasteiger partial charge in [-0.05, 0) is 38.2 Å². The van der Waals surface area contributed by atoms with Crippen molar-refractivity contribution in [3.63, 3.8) is 0 Å². The van der Waals surface area contributed by atoms with E-state index in [0.29, 0.717) is 0 Å². The molecule has 0 aliphatic rings. The van der Waals surface area contributed by atoms with E-state index in [1.54, 1.807) is 11.9 Å². The summed E-state index contributed by atoms with van der Waals surface area (Å²) in [5.74, 6) is -0.803. The third-order valence-corrected chi connectivity index (χ3v) is 5.91. The number of esters is 1. The van der Waals surface area contributed by atoms with Gasteiger partial charge < -0.3 is 24.4 Å². The zero-order valence-corrected chi connectivity index (χ0v) is 22.8. The first kappa shape index (κ1) is 30.4. The molecule has 0 aliphatic heterocycles. The number of alkyl carbamates (subject to hydrolysis) is 1. The van der Waals surface area contributed by atoms with Crippen LogP contribution < -0.4 is 5.32 Å². The van der Waals surface area contributed by atoms with Crippen LogP contribution in [0.2, 0.25) is 0 Å². The van der Waals surface area contributed by atoms with Crippen molar-refractivity contribution in [2.45, 2.75) is 91.7 Å². The Labute approximate surface area is 210 Å². The van der Waals surface area contributed by atoms with Gasteiger partial charge in [-0.1, -0.05) is 64.4 Å². The van der Waals surface area contributed by atoms with Crippen LogP contribution in [0.4, 0.5) is 4.79 Å². The average Bonchev–Trinajstić information content (AvgIpc) is 2.79. The van der Waals surface area contributed by atoms with Gasteiger partial charge in [-0.2, -0.15) is 0 Å².